The number of nitrogens with zero attached hydrogens (tertiary/aromatic N) is 2. The van der Waals surface area contributed by atoms with Crippen molar-refractivity contribution in [2.75, 3.05) is 32.7 Å². The molecule has 84 valence electrons. The molecular weight excluding hydrogens is 190 g/mol. The lowest BCUT2D eigenvalue weighted by Gasteiger charge is -2.34. The Morgan fingerprint density at radius 2 is 1.93 bits per heavy atom. The van der Waals surface area contributed by atoms with Crippen LogP contribution in [0.3, 0.4) is 0 Å². The van der Waals surface area contributed by atoms with Crippen LogP contribution in [0.25, 0.3) is 0 Å². The van der Waals surface area contributed by atoms with Gasteiger partial charge in [-0.15, -0.1) is 0 Å². The van der Waals surface area contributed by atoms with Gasteiger partial charge in [0.15, 0.2) is 0 Å². The predicted molar refractivity (Wildman–Crippen MR) is 59.4 cm³/mol. The lowest BCUT2D eigenvalue weighted by atomic mass is 10.3. The highest BCUT2D eigenvalue weighted by molar-refractivity contribution is 5.85. The summed E-state index contributed by atoms with van der Waals surface area (Å²) in [6.07, 6.45) is 6.09. The first kappa shape index (κ1) is 10.6. The van der Waals surface area contributed by atoms with Gasteiger partial charge in [0.25, 0.3) is 0 Å². The fourth-order valence-electron chi connectivity index (χ4n) is 2.07. The Bertz CT molecular complexity index is 253. The molecule has 2 N–H and O–H groups in total. The van der Waals surface area contributed by atoms with Crippen LogP contribution in [-0.2, 0) is 4.79 Å². The molecule has 2 aliphatic rings. The van der Waals surface area contributed by atoms with E-state index in [9.17, 15) is 4.79 Å². The van der Waals surface area contributed by atoms with E-state index >= 15 is 0 Å². The molecule has 0 unspecified atom stereocenters. The van der Waals surface area contributed by atoms with Gasteiger partial charge in [0.05, 0.1) is 0 Å². The standard InChI is InChI=1S/C11H19N3O/c12-11(15)2-1-5-13-6-8-14(9-7-13)10-3-4-10/h1-2,10H,3-9H2,(H2,12,15)/b2-1+. The Hall–Kier alpha value is -0.870. The Kier molecular flexibility index (Phi) is 3.38. The van der Waals surface area contributed by atoms with Gasteiger partial charge in [-0.1, -0.05) is 6.08 Å². The van der Waals surface area contributed by atoms with Gasteiger partial charge in [-0.05, 0) is 18.9 Å². The van der Waals surface area contributed by atoms with Crippen molar-refractivity contribution in [1.29, 1.82) is 0 Å². The molecule has 2 fully saturated rings. The van der Waals surface area contributed by atoms with Crippen LogP contribution >= 0.6 is 0 Å². The molecule has 2 rings (SSSR count). The number of carbonyl (C=O) groups is 1. The van der Waals surface area contributed by atoms with Crippen molar-refractivity contribution >= 4 is 5.91 Å². The molecule has 1 saturated heterocycles. The molecule has 1 aliphatic carbocycles. The average molecular weight is 209 g/mol. The summed E-state index contributed by atoms with van der Waals surface area (Å²) in [6, 6.07) is 0.883. The Morgan fingerprint density at radius 1 is 1.27 bits per heavy atom. The highest BCUT2D eigenvalue weighted by Crippen LogP contribution is 2.27. The van der Waals surface area contributed by atoms with E-state index in [1.165, 1.54) is 32.0 Å². The van der Waals surface area contributed by atoms with Crippen LogP contribution in [0.1, 0.15) is 12.8 Å². The fourth-order valence-corrected chi connectivity index (χ4v) is 2.07. The molecule has 1 aliphatic heterocycles. The van der Waals surface area contributed by atoms with Gasteiger partial charge in [0, 0.05) is 38.8 Å². The molecule has 0 bridgehead atoms. The minimum absolute atomic E-state index is 0.355. The summed E-state index contributed by atoms with van der Waals surface area (Å²) in [4.78, 5) is 15.4. The normalized spacial score (nSPS) is 24.8. The molecule has 1 amide bonds. The number of amides is 1. The van der Waals surface area contributed by atoms with Gasteiger partial charge in [-0.25, -0.2) is 0 Å². The Morgan fingerprint density at radius 3 is 2.47 bits per heavy atom. The molecular formula is C11H19N3O. The molecule has 0 aromatic heterocycles. The highest BCUT2D eigenvalue weighted by atomic mass is 16.1. The number of hydrogen-bond acceptors (Lipinski definition) is 3. The maximum absolute atomic E-state index is 10.5. The second-order valence-electron chi connectivity index (χ2n) is 4.37. The number of nitrogens with two attached hydrogens (primary N) is 1. The lowest BCUT2D eigenvalue weighted by molar-refractivity contribution is -0.113. The molecule has 4 heteroatoms. The van der Waals surface area contributed by atoms with Crippen molar-refractivity contribution in [3.8, 4) is 0 Å². The zero-order valence-corrected chi connectivity index (χ0v) is 9.06. The van der Waals surface area contributed by atoms with Crippen LogP contribution in [-0.4, -0.2) is 54.5 Å². The van der Waals surface area contributed by atoms with Crippen molar-refractivity contribution in [2.24, 2.45) is 5.73 Å². The molecule has 1 heterocycles. The largest absolute Gasteiger partial charge is 0.366 e. The quantitative estimate of drug-likeness (QED) is 0.653. The summed E-state index contributed by atoms with van der Waals surface area (Å²) < 4.78 is 0. The third-order valence-corrected chi connectivity index (χ3v) is 3.12. The van der Waals surface area contributed by atoms with E-state index in [0.717, 1.165) is 25.7 Å². The highest BCUT2D eigenvalue weighted by Gasteiger charge is 2.30. The number of hydrogen-bond donors (Lipinski definition) is 1. The first-order valence-corrected chi connectivity index (χ1v) is 5.68. The average Bonchev–Trinajstić information content (AvgIpc) is 3.02. The first-order valence-electron chi connectivity index (χ1n) is 5.68. The van der Waals surface area contributed by atoms with E-state index in [2.05, 4.69) is 9.80 Å². The van der Waals surface area contributed by atoms with Gasteiger partial charge in [-0.3, -0.25) is 14.6 Å². The molecule has 4 nitrogen and oxygen atoms in total. The number of rotatable bonds is 4. The predicted octanol–water partition coefficient (Wildman–Crippen LogP) is -0.192. The van der Waals surface area contributed by atoms with Crippen molar-refractivity contribution in [3.63, 3.8) is 0 Å². The summed E-state index contributed by atoms with van der Waals surface area (Å²) in [5, 5.41) is 0. The van der Waals surface area contributed by atoms with Crippen LogP contribution < -0.4 is 5.73 Å². The van der Waals surface area contributed by atoms with E-state index < -0.39 is 0 Å². The molecule has 0 aromatic carbocycles. The van der Waals surface area contributed by atoms with Crippen LogP contribution in [0, 0.1) is 0 Å². The van der Waals surface area contributed by atoms with Gasteiger partial charge in [0.1, 0.15) is 0 Å². The summed E-state index contributed by atoms with van der Waals surface area (Å²) in [6.45, 7) is 5.42. The molecule has 0 aromatic rings. The van der Waals surface area contributed by atoms with Crippen molar-refractivity contribution in [3.05, 3.63) is 12.2 Å². The second kappa shape index (κ2) is 4.77. The zero-order chi connectivity index (χ0) is 10.7. The Labute approximate surface area is 90.7 Å². The fraction of sp³-hybridized carbons (Fsp3) is 0.727. The first-order chi connectivity index (χ1) is 7.25. The summed E-state index contributed by atoms with van der Waals surface area (Å²) in [5.74, 6) is -0.355. The third-order valence-electron chi connectivity index (χ3n) is 3.12. The second-order valence-corrected chi connectivity index (χ2v) is 4.37. The van der Waals surface area contributed by atoms with E-state index in [1.54, 1.807) is 0 Å². The van der Waals surface area contributed by atoms with Crippen molar-refractivity contribution in [1.82, 2.24) is 9.80 Å². The topological polar surface area (TPSA) is 49.6 Å². The monoisotopic (exact) mass is 209 g/mol. The molecule has 0 radical (unpaired) electrons. The van der Waals surface area contributed by atoms with E-state index in [4.69, 9.17) is 5.73 Å². The van der Waals surface area contributed by atoms with E-state index in [0.29, 0.717) is 0 Å². The summed E-state index contributed by atoms with van der Waals surface area (Å²) >= 11 is 0. The van der Waals surface area contributed by atoms with E-state index in [1.807, 2.05) is 6.08 Å². The third kappa shape index (κ3) is 3.32. The molecule has 0 atom stereocenters. The SMILES string of the molecule is NC(=O)/C=C/CN1CCN(C2CC2)CC1. The minimum Gasteiger partial charge on any atom is -0.366 e. The smallest absolute Gasteiger partial charge is 0.241 e. The summed E-state index contributed by atoms with van der Waals surface area (Å²) in [5.41, 5.74) is 5.03. The Balaban J connectivity index is 1.66. The van der Waals surface area contributed by atoms with Gasteiger partial charge >= 0.3 is 0 Å². The number of carbonyl (C=O) groups excluding carboxylic acids is 1. The van der Waals surface area contributed by atoms with Gasteiger partial charge in [-0.2, -0.15) is 0 Å². The maximum atomic E-state index is 10.5. The van der Waals surface area contributed by atoms with Gasteiger partial charge < -0.3 is 5.73 Å². The van der Waals surface area contributed by atoms with Gasteiger partial charge in [0.2, 0.25) is 5.91 Å². The van der Waals surface area contributed by atoms with Crippen LogP contribution in [0.4, 0.5) is 0 Å². The van der Waals surface area contributed by atoms with Crippen LogP contribution in [0.5, 0.6) is 0 Å². The molecule has 15 heavy (non-hydrogen) atoms. The molecule has 0 spiro atoms. The van der Waals surface area contributed by atoms with Crippen molar-refractivity contribution < 1.29 is 4.79 Å². The number of primary amides is 1. The number of piperazine rings is 1. The van der Waals surface area contributed by atoms with E-state index in [-0.39, 0.29) is 5.91 Å². The molecule has 1 saturated carbocycles. The van der Waals surface area contributed by atoms with Crippen molar-refractivity contribution in [2.45, 2.75) is 18.9 Å². The minimum atomic E-state index is -0.355. The van der Waals surface area contributed by atoms with Crippen LogP contribution in [0.2, 0.25) is 0 Å². The van der Waals surface area contributed by atoms with Crippen LogP contribution in [0.15, 0.2) is 12.2 Å². The summed E-state index contributed by atoms with van der Waals surface area (Å²) in [7, 11) is 0. The maximum Gasteiger partial charge on any atom is 0.241 e. The lowest BCUT2D eigenvalue weighted by Crippen LogP contribution is -2.47. The zero-order valence-electron chi connectivity index (χ0n) is 9.06.